The van der Waals surface area contributed by atoms with E-state index in [1.165, 1.54) is 6.07 Å². The normalized spacial score (nSPS) is 25.9. The number of hydrogen-bond donors (Lipinski definition) is 3. The molecule has 3 atom stereocenters. The predicted octanol–water partition coefficient (Wildman–Crippen LogP) is 2.08. The first-order valence-corrected chi connectivity index (χ1v) is 7.73. The molecule has 6 nitrogen and oxygen atoms in total. The molecule has 1 saturated heterocycles. The second kappa shape index (κ2) is 6.54. The lowest BCUT2D eigenvalue weighted by atomic mass is 10.2. The van der Waals surface area contributed by atoms with Gasteiger partial charge in [-0.25, -0.2) is 4.39 Å². The molecule has 1 amide bonds. The molecule has 0 spiro atoms. The SMILES string of the molecule is O=C(O)C1CC1C(=O)Nc1ccc(NCC2CCCO2)c(F)c1. The Balaban J connectivity index is 1.54. The maximum Gasteiger partial charge on any atom is 0.307 e. The topological polar surface area (TPSA) is 87.7 Å². The smallest absolute Gasteiger partial charge is 0.307 e. The Kier molecular flexibility index (Phi) is 4.47. The number of halogens is 1. The average Bonchev–Trinajstić information content (AvgIpc) is 3.16. The molecule has 1 aromatic carbocycles. The third-order valence-electron chi connectivity index (χ3n) is 4.23. The minimum atomic E-state index is -0.968. The van der Waals surface area contributed by atoms with Gasteiger partial charge in [0.15, 0.2) is 0 Å². The lowest BCUT2D eigenvalue weighted by Crippen LogP contribution is -2.19. The summed E-state index contributed by atoms with van der Waals surface area (Å²) in [6.45, 7) is 1.29. The fourth-order valence-corrected chi connectivity index (χ4v) is 2.76. The molecule has 0 radical (unpaired) electrons. The van der Waals surface area contributed by atoms with Gasteiger partial charge in [-0.1, -0.05) is 0 Å². The summed E-state index contributed by atoms with van der Waals surface area (Å²) in [4.78, 5) is 22.6. The zero-order valence-corrected chi connectivity index (χ0v) is 12.5. The summed E-state index contributed by atoms with van der Waals surface area (Å²) in [5, 5.41) is 14.4. The van der Waals surface area contributed by atoms with Gasteiger partial charge in [0, 0.05) is 18.8 Å². The summed E-state index contributed by atoms with van der Waals surface area (Å²) < 4.78 is 19.5. The van der Waals surface area contributed by atoms with Gasteiger partial charge >= 0.3 is 5.97 Å². The lowest BCUT2D eigenvalue weighted by Gasteiger charge is -2.13. The minimum absolute atomic E-state index is 0.108. The molecule has 2 fully saturated rings. The van der Waals surface area contributed by atoms with Gasteiger partial charge in [0.25, 0.3) is 0 Å². The number of benzene rings is 1. The van der Waals surface area contributed by atoms with Crippen molar-refractivity contribution < 1.29 is 23.8 Å². The van der Waals surface area contributed by atoms with E-state index in [9.17, 15) is 14.0 Å². The van der Waals surface area contributed by atoms with Crippen molar-refractivity contribution in [3.8, 4) is 0 Å². The molecular formula is C16H19FN2O4. The fraction of sp³-hybridized carbons (Fsp3) is 0.500. The highest BCUT2D eigenvalue weighted by Crippen LogP contribution is 2.39. The van der Waals surface area contributed by atoms with E-state index in [-0.39, 0.29) is 12.0 Å². The maximum atomic E-state index is 14.0. The van der Waals surface area contributed by atoms with E-state index in [0.717, 1.165) is 19.4 Å². The number of carbonyl (C=O) groups excluding carboxylic acids is 1. The van der Waals surface area contributed by atoms with Crippen LogP contribution in [0.4, 0.5) is 15.8 Å². The average molecular weight is 322 g/mol. The zero-order chi connectivity index (χ0) is 16.4. The highest BCUT2D eigenvalue weighted by Gasteiger charge is 2.48. The van der Waals surface area contributed by atoms with Crippen LogP contribution in [-0.4, -0.2) is 36.2 Å². The van der Waals surface area contributed by atoms with Crippen molar-refractivity contribution in [2.45, 2.75) is 25.4 Å². The van der Waals surface area contributed by atoms with E-state index in [4.69, 9.17) is 9.84 Å². The van der Waals surface area contributed by atoms with Crippen LogP contribution >= 0.6 is 0 Å². The Morgan fingerprint density at radius 3 is 2.78 bits per heavy atom. The Morgan fingerprint density at radius 2 is 2.17 bits per heavy atom. The van der Waals surface area contributed by atoms with Crippen LogP contribution in [0.5, 0.6) is 0 Å². The van der Waals surface area contributed by atoms with Crippen LogP contribution in [0.15, 0.2) is 18.2 Å². The van der Waals surface area contributed by atoms with Crippen LogP contribution in [0.2, 0.25) is 0 Å². The molecule has 0 bridgehead atoms. The molecule has 3 unspecified atom stereocenters. The van der Waals surface area contributed by atoms with Crippen LogP contribution in [-0.2, 0) is 14.3 Å². The zero-order valence-electron chi connectivity index (χ0n) is 12.5. The second-order valence-corrected chi connectivity index (χ2v) is 5.99. The van der Waals surface area contributed by atoms with Crippen molar-refractivity contribution in [3.63, 3.8) is 0 Å². The molecule has 7 heteroatoms. The highest BCUT2D eigenvalue weighted by atomic mass is 19.1. The van der Waals surface area contributed by atoms with Crippen LogP contribution in [0.25, 0.3) is 0 Å². The fourth-order valence-electron chi connectivity index (χ4n) is 2.76. The summed E-state index contributed by atoms with van der Waals surface area (Å²) in [6.07, 6.45) is 2.44. The number of carbonyl (C=O) groups is 2. The monoisotopic (exact) mass is 322 g/mol. The molecule has 124 valence electrons. The van der Waals surface area contributed by atoms with Gasteiger partial charge in [-0.15, -0.1) is 0 Å². The molecule has 2 aliphatic rings. The van der Waals surface area contributed by atoms with E-state index >= 15 is 0 Å². The third-order valence-corrected chi connectivity index (χ3v) is 4.23. The number of ether oxygens (including phenoxy) is 1. The van der Waals surface area contributed by atoms with Crippen molar-refractivity contribution in [3.05, 3.63) is 24.0 Å². The predicted molar refractivity (Wildman–Crippen MR) is 81.7 cm³/mol. The Hall–Kier alpha value is -2.15. The van der Waals surface area contributed by atoms with Crippen LogP contribution in [0, 0.1) is 17.7 Å². The first-order chi connectivity index (χ1) is 11.0. The molecule has 23 heavy (non-hydrogen) atoms. The van der Waals surface area contributed by atoms with Crippen molar-refractivity contribution >= 4 is 23.3 Å². The van der Waals surface area contributed by atoms with Gasteiger partial charge in [-0.05, 0) is 37.5 Å². The van der Waals surface area contributed by atoms with Gasteiger partial charge in [0.2, 0.25) is 5.91 Å². The van der Waals surface area contributed by atoms with Gasteiger partial charge in [0.1, 0.15) is 5.82 Å². The molecule has 1 aromatic rings. The van der Waals surface area contributed by atoms with Crippen LogP contribution < -0.4 is 10.6 Å². The largest absolute Gasteiger partial charge is 0.481 e. The summed E-state index contributed by atoms with van der Waals surface area (Å²) in [6, 6.07) is 4.38. The maximum absolute atomic E-state index is 14.0. The summed E-state index contributed by atoms with van der Waals surface area (Å²) in [5.74, 6) is -2.95. The number of carboxylic acids is 1. The van der Waals surface area contributed by atoms with E-state index in [1.54, 1.807) is 12.1 Å². The van der Waals surface area contributed by atoms with Crippen LogP contribution in [0.1, 0.15) is 19.3 Å². The molecular weight excluding hydrogens is 303 g/mol. The van der Waals surface area contributed by atoms with E-state index in [0.29, 0.717) is 24.3 Å². The Labute approximate surface area is 133 Å². The molecule has 1 aliphatic heterocycles. The highest BCUT2D eigenvalue weighted by molar-refractivity contribution is 5.98. The lowest BCUT2D eigenvalue weighted by molar-refractivity contribution is -0.139. The standard InChI is InChI=1S/C16H19FN2O4/c17-13-6-9(19-15(20)11-7-12(11)16(21)22)3-4-14(13)18-8-10-2-1-5-23-10/h3-4,6,10-12,18H,1-2,5,7-8H2,(H,19,20)(H,21,22). The van der Waals surface area contributed by atoms with E-state index < -0.39 is 23.6 Å². The number of anilines is 2. The summed E-state index contributed by atoms with van der Waals surface area (Å²) >= 11 is 0. The first kappa shape index (κ1) is 15.7. The van der Waals surface area contributed by atoms with Crippen molar-refractivity contribution in [2.24, 2.45) is 11.8 Å². The van der Waals surface area contributed by atoms with Gasteiger partial charge in [0.05, 0.1) is 23.6 Å². The second-order valence-electron chi connectivity index (χ2n) is 5.99. The number of carboxylic acid groups (broad SMARTS) is 1. The number of nitrogens with one attached hydrogen (secondary N) is 2. The van der Waals surface area contributed by atoms with Crippen LogP contribution in [0.3, 0.4) is 0 Å². The van der Waals surface area contributed by atoms with Crippen molar-refractivity contribution in [1.29, 1.82) is 0 Å². The Bertz CT molecular complexity index is 616. The van der Waals surface area contributed by atoms with Gasteiger partial charge in [-0.2, -0.15) is 0 Å². The third kappa shape index (κ3) is 3.79. The summed E-state index contributed by atoms with van der Waals surface area (Å²) in [7, 11) is 0. The quantitative estimate of drug-likeness (QED) is 0.746. The molecule has 0 aromatic heterocycles. The number of rotatable bonds is 6. The number of hydrogen-bond acceptors (Lipinski definition) is 4. The number of amides is 1. The first-order valence-electron chi connectivity index (χ1n) is 7.73. The van der Waals surface area contributed by atoms with Gasteiger partial charge < -0.3 is 20.5 Å². The Morgan fingerprint density at radius 1 is 1.35 bits per heavy atom. The van der Waals surface area contributed by atoms with Gasteiger partial charge in [-0.3, -0.25) is 9.59 Å². The summed E-state index contributed by atoms with van der Waals surface area (Å²) in [5.41, 5.74) is 0.680. The molecule has 1 saturated carbocycles. The van der Waals surface area contributed by atoms with Crippen molar-refractivity contribution in [2.75, 3.05) is 23.8 Å². The van der Waals surface area contributed by atoms with E-state index in [2.05, 4.69) is 10.6 Å². The van der Waals surface area contributed by atoms with E-state index in [1.807, 2.05) is 0 Å². The molecule has 1 heterocycles. The molecule has 3 N–H and O–H groups in total. The minimum Gasteiger partial charge on any atom is -0.481 e. The number of aliphatic carboxylic acids is 1. The molecule has 3 rings (SSSR count). The van der Waals surface area contributed by atoms with Crippen molar-refractivity contribution in [1.82, 2.24) is 0 Å². The molecule has 1 aliphatic carbocycles.